The van der Waals surface area contributed by atoms with Gasteiger partial charge in [0.25, 0.3) is 0 Å². The molecule has 0 aromatic heterocycles. The molecule has 0 heterocycles. The number of carbonyl (C=O) groups is 1. The van der Waals surface area contributed by atoms with Crippen molar-refractivity contribution in [2.75, 3.05) is 33.9 Å². The van der Waals surface area contributed by atoms with E-state index in [-0.39, 0.29) is 11.8 Å². The van der Waals surface area contributed by atoms with Gasteiger partial charge in [0.05, 0.1) is 13.7 Å². The van der Waals surface area contributed by atoms with Crippen LogP contribution in [-0.4, -0.2) is 44.7 Å². The molecule has 0 radical (unpaired) electrons. The van der Waals surface area contributed by atoms with Crippen molar-refractivity contribution in [1.29, 1.82) is 0 Å². The molecule has 1 rings (SSSR count). The zero-order valence-corrected chi connectivity index (χ0v) is 12.1. The summed E-state index contributed by atoms with van der Waals surface area (Å²) in [7, 11) is 3.41. The van der Waals surface area contributed by atoms with Gasteiger partial charge in [-0.3, -0.25) is 4.79 Å². The molecule has 0 spiro atoms. The van der Waals surface area contributed by atoms with Gasteiger partial charge in [-0.1, -0.05) is 0 Å². The molecule has 0 aliphatic carbocycles. The second-order valence-electron chi connectivity index (χ2n) is 4.64. The molecule has 0 saturated heterocycles. The monoisotopic (exact) mass is 283 g/mol. The van der Waals surface area contributed by atoms with Gasteiger partial charge in [0.15, 0.2) is 0 Å². The molecule has 0 saturated carbocycles. The first kappa shape index (κ1) is 16.4. The minimum Gasteiger partial charge on any atom is -0.494 e. The normalized spacial score (nSPS) is 10.6. The van der Waals surface area contributed by atoms with Gasteiger partial charge < -0.3 is 14.4 Å². The number of methoxy groups -OCH3 is 1. The van der Waals surface area contributed by atoms with E-state index < -0.39 is 0 Å². The first-order valence-corrected chi connectivity index (χ1v) is 6.75. The molecular weight excluding hydrogens is 261 g/mol. The Balaban J connectivity index is 2.05. The Morgan fingerprint density at radius 1 is 1.20 bits per heavy atom. The van der Waals surface area contributed by atoms with Gasteiger partial charge in [0.2, 0.25) is 0 Å². The summed E-state index contributed by atoms with van der Waals surface area (Å²) < 4.78 is 22.8. The molecule has 0 bridgehead atoms. The number of esters is 1. The SMILES string of the molecule is COC(=O)CCCN(C)CCCOc1ccc(F)cc1. The maximum Gasteiger partial charge on any atom is 0.305 e. The largest absolute Gasteiger partial charge is 0.494 e. The van der Waals surface area contributed by atoms with Crippen LogP contribution in [0.15, 0.2) is 24.3 Å². The van der Waals surface area contributed by atoms with Crippen molar-refractivity contribution in [3.05, 3.63) is 30.1 Å². The van der Waals surface area contributed by atoms with E-state index >= 15 is 0 Å². The van der Waals surface area contributed by atoms with Crippen LogP contribution in [0, 0.1) is 5.82 Å². The van der Waals surface area contributed by atoms with Crippen LogP contribution in [0.3, 0.4) is 0 Å². The standard InChI is InChI=1S/C15H22FNO3/c1-17(10-3-5-15(18)19-2)11-4-12-20-14-8-6-13(16)7-9-14/h6-9H,3-5,10-12H2,1-2H3. The topological polar surface area (TPSA) is 38.8 Å². The lowest BCUT2D eigenvalue weighted by atomic mass is 10.3. The van der Waals surface area contributed by atoms with E-state index in [1.54, 1.807) is 12.1 Å². The molecule has 0 amide bonds. The third-order valence-corrected chi connectivity index (χ3v) is 2.91. The fourth-order valence-corrected chi connectivity index (χ4v) is 1.76. The molecule has 1 aromatic carbocycles. The summed E-state index contributed by atoms with van der Waals surface area (Å²) in [6, 6.07) is 6.01. The molecule has 20 heavy (non-hydrogen) atoms. The third-order valence-electron chi connectivity index (χ3n) is 2.91. The Labute approximate surface area is 119 Å². The lowest BCUT2D eigenvalue weighted by Crippen LogP contribution is -2.23. The highest BCUT2D eigenvalue weighted by Crippen LogP contribution is 2.11. The van der Waals surface area contributed by atoms with Crippen LogP contribution in [0.1, 0.15) is 19.3 Å². The number of halogens is 1. The Kier molecular flexibility index (Phi) is 7.65. The van der Waals surface area contributed by atoms with Crippen LogP contribution >= 0.6 is 0 Å². The van der Waals surface area contributed by atoms with Crippen LogP contribution in [0.25, 0.3) is 0 Å². The molecule has 5 heteroatoms. The number of hydrogen-bond donors (Lipinski definition) is 0. The quantitative estimate of drug-likeness (QED) is 0.515. The number of carbonyl (C=O) groups excluding carboxylic acids is 1. The number of ether oxygens (including phenoxy) is 2. The van der Waals surface area contributed by atoms with E-state index in [4.69, 9.17) is 4.74 Å². The summed E-state index contributed by atoms with van der Waals surface area (Å²) in [4.78, 5) is 13.1. The molecule has 0 aliphatic rings. The molecule has 112 valence electrons. The van der Waals surface area contributed by atoms with Crippen molar-refractivity contribution in [2.45, 2.75) is 19.3 Å². The van der Waals surface area contributed by atoms with E-state index in [1.165, 1.54) is 19.2 Å². The highest BCUT2D eigenvalue weighted by molar-refractivity contribution is 5.69. The Hall–Kier alpha value is -1.62. The van der Waals surface area contributed by atoms with Crippen molar-refractivity contribution in [1.82, 2.24) is 4.90 Å². The summed E-state index contributed by atoms with van der Waals surface area (Å²) >= 11 is 0. The number of hydrogen-bond acceptors (Lipinski definition) is 4. The van der Waals surface area contributed by atoms with E-state index in [9.17, 15) is 9.18 Å². The van der Waals surface area contributed by atoms with Crippen molar-refractivity contribution in [3.63, 3.8) is 0 Å². The summed E-state index contributed by atoms with van der Waals surface area (Å²) in [5.41, 5.74) is 0. The Bertz CT molecular complexity index is 395. The van der Waals surface area contributed by atoms with Gasteiger partial charge in [0.1, 0.15) is 11.6 Å². The fourth-order valence-electron chi connectivity index (χ4n) is 1.76. The zero-order chi connectivity index (χ0) is 14.8. The molecule has 1 aromatic rings. The third kappa shape index (κ3) is 7.09. The first-order valence-electron chi connectivity index (χ1n) is 6.75. The van der Waals surface area contributed by atoms with Crippen LogP contribution in [-0.2, 0) is 9.53 Å². The lowest BCUT2D eigenvalue weighted by molar-refractivity contribution is -0.140. The second-order valence-corrected chi connectivity index (χ2v) is 4.64. The Morgan fingerprint density at radius 3 is 2.50 bits per heavy atom. The van der Waals surface area contributed by atoms with Crippen LogP contribution in [0.5, 0.6) is 5.75 Å². The molecule has 0 unspecified atom stereocenters. The molecule has 0 atom stereocenters. The lowest BCUT2D eigenvalue weighted by Gasteiger charge is -2.16. The smallest absolute Gasteiger partial charge is 0.305 e. The first-order chi connectivity index (χ1) is 9.61. The molecule has 0 fully saturated rings. The van der Waals surface area contributed by atoms with Crippen molar-refractivity contribution in [3.8, 4) is 5.75 Å². The maximum absolute atomic E-state index is 12.7. The number of rotatable bonds is 9. The van der Waals surface area contributed by atoms with E-state index in [1.807, 2.05) is 7.05 Å². The Morgan fingerprint density at radius 2 is 1.85 bits per heavy atom. The van der Waals surface area contributed by atoms with Crippen molar-refractivity contribution < 1.29 is 18.7 Å². The van der Waals surface area contributed by atoms with E-state index in [0.29, 0.717) is 18.8 Å². The minimum absolute atomic E-state index is 0.168. The van der Waals surface area contributed by atoms with Crippen LogP contribution < -0.4 is 4.74 Å². The van der Waals surface area contributed by atoms with Crippen molar-refractivity contribution >= 4 is 5.97 Å². The maximum atomic E-state index is 12.7. The van der Waals surface area contributed by atoms with Crippen molar-refractivity contribution in [2.24, 2.45) is 0 Å². The molecule has 0 aliphatic heterocycles. The van der Waals surface area contributed by atoms with Gasteiger partial charge in [0, 0.05) is 13.0 Å². The summed E-state index contributed by atoms with van der Waals surface area (Å²) in [6.45, 7) is 2.33. The van der Waals surface area contributed by atoms with Crippen LogP contribution in [0.2, 0.25) is 0 Å². The predicted molar refractivity (Wildman–Crippen MR) is 75.3 cm³/mol. The van der Waals surface area contributed by atoms with Gasteiger partial charge in [-0.2, -0.15) is 0 Å². The van der Waals surface area contributed by atoms with Crippen LogP contribution in [0.4, 0.5) is 4.39 Å². The second kappa shape index (κ2) is 9.31. The minimum atomic E-state index is -0.261. The number of nitrogens with zero attached hydrogens (tertiary/aromatic N) is 1. The zero-order valence-electron chi connectivity index (χ0n) is 12.1. The van der Waals surface area contributed by atoms with Gasteiger partial charge in [-0.25, -0.2) is 4.39 Å². The highest BCUT2D eigenvalue weighted by Gasteiger charge is 2.03. The number of benzene rings is 1. The van der Waals surface area contributed by atoms with E-state index in [2.05, 4.69) is 9.64 Å². The molecular formula is C15H22FNO3. The summed E-state index contributed by atoms with van der Waals surface area (Å²) in [6.07, 6.45) is 2.13. The average molecular weight is 283 g/mol. The molecule has 4 nitrogen and oxygen atoms in total. The highest BCUT2D eigenvalue weighted by atomic mass is 19.1. The fraction of sp³-hybridized carbons (Fsp3) is 0.533. The summed E-state index contributed by atoms with van der Waals surface area (Å²) in [5.74, 6) is 0.250. The average Bonchev–Trinajstić information content (AvgIpc) is 2.45. The molecule has 0 N–H and O–H groups in total. The van der Waals surface area contributed by atoms with Gasteiger partial charge >= 0.3 is 5.97 Å². The van der Waals surface area contributed by atoms with Gasteiger partial charge in [-0.05, 0) is 50.7 Å². The van der Waals surface area contributed by atoms with Gasteiger partial charge in [-0.15, -0.1) is 0 Å². The summed E-state index contributed by atoms with van der Waals surface area (Å²) in [5, 5.41) is 0. The van der Waals surface area contributed by atoms with E-state index in [0.717, 1.165) is 25.9 Å². The predicted octanol–water partition coefficient (Wildman–Crippen LogP) is 2.48.